The van der Waals surface area contributed by atoms with E-state index in [4.69, 9.17) is 9.47 Å². The second-order valence-corrected chi connectivity index (χ2v) is 5.92. The number of ether oxygens (including phenoxy) is 2. The molecule has 0 heterocycles. The predicted octanol–water partition coefficient (Wildman–Crippen LogP) is 2.65. The van der Waals surface area contributed by atoms with Crippen LogP contribution < -0.4 is 14.8 Å². The highest BCUT2D eigenvalue weighted by molar-refractivity contribution is 5.96. The summed E-state index contributed by atoms with van der Waals surface area (Å²) >= 11 is 0. The molecule has 0 saturated heterocycles. The Bertz CT molecular complexity index is 762. The van der Waals surface area contributed by atoms with E-state index in [9.17, 15) is 9.59 Å². The van der Waals surface area contributed by atoms with Crippen LogP contribution in [-0.2, 0) is 4.79 Å². The first-order valence-corrected chi connectivity index (χ1v) is 8.28. The van der Waals surface area contributed by atoms with Gasteiger partial charge in [-0.3, -0.25) is 9.59 Å². The van der Waals surface area contributed by atoms with Crippen molar-refractivity contribution in [2.24, 2.45) is 0 Å². The lowest BCUT2D eigenvalue weighted by Gasteiger charge is -2.21. The smallest absolute Gasteiger partial charge is 0.254 e. The molecule has 2 aromatic rings. The van der Waals surface area contributed by atoms with E-state index >= 15 is 0 Å². The summed E-state index contributed by atoms with van der Waals surface area (Å²) in [7, 11) is 4.76. The maximum absolute atomic E-state index is 12.4. The molecule has 6 heteroatoms. The van der Waals surface area contributed by atoms with Crippen molar-refractivity contribution in [3.8, 4) is 11.5 Å². The van der Waals surface area contributed by atoms with Gasteiger partial charge < -0.3 is 19.7 Å². The molecule has 2 amide bonds. The molecule has 6 nitrogen and oxygen atoms in total. The van der Waals surface area contributed by atoms with E-state index in [1.54, 1.807) is 57.7 Å². The Kier molecular flexibility index (Phi) is 6.60. The zero-order chi connectivity index (χ0) is 19.1. The minimum Gasteiger partial charge on any atom is -0.497 e. The highest BCUT2D eigenvalue weighted by Gasteiger charge is 2.18. The fourth-order valence-electron chi connectivity index (χ4n) is 2.63. The number of methoxy groups -OCH3 is 2. The summed E-state index contributed by atoms with van der Waals surface area (Å²) in [5.74, 6) is 0.882. The van der Waals surface area contributed by atoms with Gasteiger partial charge >= 0.3 is 0 Å². The van der Waals surface area contributed by atoms with Crippen LogP contribution >= 0.6 is 0 Å². The number of hydrogen-bond donors (Lipinski definition) is 1. The van der Waals surface area contributed by atoms with Crippen molar-refractivity contribution in [2.75, 3.05) is 27.8 Å². The third-order valence-electron chi connectivity index (χ3n) is 4.03. The van der Waals surface area contributed by atoms with Gasteiger partial charge in [0, 0.05) is 18.2 Å². The molecular weight excluding hydrogens is 332 g/mol. The van der Waals surface area contributed by atoms with E-state index in [2.05, 4.69) is 5.32 Å². The Morgan fingerprint density at radius 1 is 1.08 bits per heavy atom. The van der Waals surface area contributed by atoms with Gasteiger partial charge in [0.15, 0.2) is 0 Å². The van der Waals surface area contributed by atoms with Gasteiger partial charge in [0.25, 0.3) is 5.91 Å². The Hall–Kier alpha value is -3.02. The molecule has 26 heavy (non-hydrogen) atoms. The Morgan fingerprint density at radius 2 is 1.77 bits per heavy atom. The van der Waals surface area contributed by atoms with Crippen LogP contribution in [0.15, 0.2) is 48.5 Å². The quantitative estimate of drug-likeness (QED) is 0.828. The first-order valence-electron chi connectivity index (χ1n) is 8.28. The van der Waals surface area contributed by atoms with E-state index in [1.165, 1.54) is 4.90 Å². The maximum atomic E-state index is 12.4. The van der Waals surface area contributed by atoms with E-state index in [1.807, 2.05) is 19.1 Å². The van der Waals surface area contributed by atoms with Crippen LogP contribution in [0.2, 0.25) is 0 Å². The lowest BCUT2D eigenvalue weighted by molar-refractivity contribution is -0.122. The van der Waals surface area contributed by atoms with Gasteiger partial charge in [0.05, 0.1) is 26.8 Å². The lowest BCUT2D eigenvalue weighted by atomic mass is 10.1. The summed E-state index contributed by atoms with van der Waals surface area (Å²) in [6, 6.07) is 14.0. The summed E-state index contributed by atoms with van der Waals surface area (Å²) in [5.41, 5.74) is 1.35. The lowest BCUT2D eigenvalue weighted by Crippen LogP contribution is -2.39. The number of likely N-dealkylation sites (N-methyl/N-ethyl adjacent to an activating group) is 1. The number of hydrogen-bond acceptors (Lipinski definition) is 4. The molecule has 1 atom stereocenters. The molecule has 1 unspecified atom stereocenters. The van der Waals surface area contributed by atoms with Crippen LogP contribution in [0.25, 0.3) is 0 Å². The Morgan fingerprint density at radius 3 is 2.38 bits per heavy atom. The summed E-state index contributed by atoms with van der Waals surface area (Å²) in [4.78, 5) is 26.1. The van der Waals surface area contributed by atoms with Crippen molar-refractivity contribution in [1.29, 1.82) is 0 Å². The van der Waals surface area contributed by atoms with Gasteiger partial charge in [0.1, 0.15) is 11.5 Å². The molecule has 2 aromatic carbocycles. The number of nitrogens with one attached hydrogen (secondary N) is 1. The normalized spacial score (nSPS) is 11.4. The topological polar surface area (TPSA) is 67.9 Å². The molecule has 1 N–H and O–H groups in total. The van der Waals surface area contributed by atoms with Crippen LogP contribution in [0.5, 0.6) is 11.5 Å². The van der Waals surface area contributed by atoms with Crippen molar-refractivity contribution in [2.45, 2.75) is 13.0 Å². The number of rotatable bonds is 7. The number of carbonyl (C=O) groups is 2. The second kappa shape index (κ2) is 8.89. The average Bonchev–Trinajstić information content (AvgIpc) is 2.67. The molecule has 0 aliphatic rings. The van der Waals surface area contributed by atoms with Crippen LogP contribution in [0.4, 0.5) is 0 Å². The van der Waals surface area contributed by atoms with Crippen molar-refractivity contribution >= 4 is 11.8 Å². The fraction of sp³-hybridized carbons (Fsp3) is 0.300. The zero-order valence-corrected chi connectivity index (χ0v) is 15.5. The van der Waals surface area contributed by atoms with Crippen molar-refractivity contribution in [3.63, 3.8) is 0 Å². The molecule has 0 saturated carbocycles. The van der Waals surface area contributed by atoms with E-state index in [0.717, 1.165) is 5.56 Å². The van der Waals surface area contributed by atoms with Gasteiger partial charge in [0.2, 0.25) is 5.91 Å². The van der Waals surface area contributed by atoms with Gasteiger partial charge in [-0.25, -0.2) is 0 Å². The van der Waals surface area contributed by atoms with Gasteiger partial charge in [-0.2, -0.15) is 0 Å². The zero-order valence-electron chi connectivity index (χ0n) is 15.5. The number of benzene rings is 2. The monoisotopic (exact) mass is 356 g/mol. The highest BCUT2D eigenvalue weighted by atomic mass is 16.5. The van der Waals surface area contributed by atoms with E-state index in [-0.39, 0.29) is 24.4 Å². The van der Waals surface area contributed by atoms with Crippen molar-refractivity contribution < 1.29 is 19.1 Å². The van der Waals surface area contributed by atoms with Crippen LogP contribution in [0.1, 0.15) is 28.9 Å². The third kappa shape index (κ3) is 4.75. The molecule has 0 spiro atoms. The molecule has 0 radical (unpaired) electrons. The standard InChI is InChI=1S/C20H24N2O4/c1-14(17-12-16(25-3)10-11-18(17)26-4)21-19(23)13-22(2)20(24)15-8-6-5-7-9-15/h5-12,14H,13H2,1-4H3,(H,21,23). The molecule has 138 valence electrons. The van der Waals surface area contributed by atoms with E-state index in [0.29, 0.717) is 17.1 Å². The minimum atomic E-state index is -0.298. The minimum absolute atomic E-state index is 0.0373. The van der Waals surface area contributed by atoms with Crippen molar-refractivity contribution in [3.05, 3.63) is 59.7 Å². The summed E-state index contributed by atoms with van der Waals surface area (Å²) in [6.45, 7) is 1.82. The maximum Gasteiger partial charge on any atom is 0.254 e. The molecular formula is C20H24N2O4. The fourth-order valence-corrected chi connectivity index (χ4v) is 2.63. The third-order valence-corrected chi connectivity index (χ3v) is 4.03. The largest absolute Gasteiger partial charge is 0.497 e. The molecule has 0 aromatic heterocycles. The molecule has 0 aliphatic carbocycles. The first-order chi connectivity index (χ1) is 12.5. The molecule has 0 fully saturated rings. The van der Waals surface area contributed by atoms with E-state index < -0.39 is 0 Å². The predicted molar refractivity (Wildman–Crippen MR) is 99.5 cm³/mol. The van der Waals surface area contributed by atoms with Crippen LogP contribution in [0.3, 0.4) is 0 Å². The Labute approximate surface area is 153 Å². The summed E-state index contributed by atoms with van der Waals surface area (Å²) in [6.07, 6.45) is 0. The summed E-state index contributed by atoms with van der Waals surface area (Å²) in [5, 5.41) is 2.89. The molecule has 2 rings (SSSR count). The number of carbonyl (C=O) groups excluding carboxylic acids is 2. The highest BCUT2D eigenvalue weighted by Crippen LogP contribution is 2.29. The Balaban J connectivity index is 2.02. The molecule has 0 aliphatic heterocycles. The first kappa shape index (κ1) is 19.3. The van der Waals surface area contributed by atoms with Gasteiger partial charge in [-0.15, -0.1) is 0 Å². The SMILES string of the molecule is COc1ccc(OC)c(C(C)NC(=O)CN(C)C(=O)c2ccccc2)c1. The number of nitrogens with zero attached hydrogens (tertiary/aromatic N) is 1. The van der Waals surface area contributed by atoms with Crippen LogP contribution in [-0.4, -0.2) is 44.5 Å². The summed E-state index contributed by atoms with van der Waals surface area (Å²) < 4.78 is 10.6. The van der Waals surface area contributed by atoms with Gasteiger partial charge in [-0.1, -0.05) is 18.2 Å². The van der Waals surface area contributed by atoms with Crippen molar-refractivity contribution in [1.82, 2.24) is 10.2 Å². The number of amides is 2. The average molecular weight is 356 g/mol. The second-order valence-electron chi connectivity index (χ2n) is 5.92. The van der Waals surface area contributed by atoms with Crippen LogP contribution in [0, 0.1) is 0 Å². The molecule has 0 bridgehead atoms. The van der Waals surface area contributed by atoms with Gasteiger partial charge in [-0.05, 0) is 37.3 Å².